The van der Waals surface area contributed by atoms with Gasteiger partial charge in [0.15, 0.2) is 5.82 Å². The molecule has 174 valence electrons. The lowest BCUT2D eigenvalue weighted by Crippen LogP contribution is -2.17. The quantitative estimate of drug-likeness (QED) is 0.388. The van der Waals surface area contributed by atoms with Crippen LogP contribution in [0, 0.1) is 11.7 Å². The molecule has 4 rings (SSSR count). The minimum absolute atomic E-state index is 0.0519. The van der Waals surface area contributed by atoms with E-state index in [1.165, 1.54) is 12.1 Å². The van der Waals surface area contributed by atoms with Crippen LogP contribution in [0.4, 0.5) is 10.1 Å². The molecule has 0 aliphatic heterocycles. The Labute approximate surface area is 197 Å². The van der Waals surface area contributed by atoms with Crippen LogP contribution in [0.25, 0.3) is 17.1 Å². The van der Waals surface area contributed by atoms with Crippen LogP contribution in [0.15, 0.2) is 72.8 Å². The summed E-state index contributed by atoms with van der Waals surface area (Å²) in [6.07, 6.45) is 0. The number of hydrogen-bond acceptors (Lipinski definition) is 5. The SMILES string of the molecule is COc1ccc(-c2nc(OCc3ccc(F)cc3)nn2-c2ccc(NC(=O)C(C)C)cc2)cc1. The van der Waals surface area contributed by atoms with E-state index in [9.17, 15) is 9.18 Å². The minimum Gasteiger partial charge on any atom is -0.497 e. The third kappa shape index (κ3) is 5.40. The number of carbonyl (C=O) groups is 1. The van der Waals surface area contributed by atoms with Crippen LogP contribution in [0.2, 0.25) is 0 Å². The van der Waals surface area contributed by atoms with E-state index >= 15 is 0 Å². The van der Waals surface area contributed by atoms with Crippen LogP contribution in [0.5, 0.6) is 11.8 Å². The van der Waals surface area contributed by atoms with E-state index in [-0.39, 0.29) is 30.3 Å². The first-order valence-corrected chi connectivity index (χ1v) is 10.8. The lowest BCUT2D eigenvalue weighted by Gasteiger charge is -2.10. The molecule has 34 heavy (non-hydrogen) atoms. The molecule has 0 radical (unpaired) electrons. The molecule has 0 bridgehead atoms. The Morgan fingerprint density at radius 3 is 2.29 bits per heavy atom. The van der Waals surface area contributed by atoms with Crippen molar-refractivity contribution in [3.63, 3.8) is 0 Å². The molecule has 1 heterocycles. The maximum Gasteiger partial charge on any atom is 0.336 e. The molecule has 0 saturated carbocycles. The molecule has 0 fully saturated rings. The van der Waals surface area contributed by atoms with Crippen LogP contribution < -0.4 is 14.8 Å². The van der Waals surface area contributed by atoms with Crippen molar-refractivity contribution in [3.8, 4) is 28.8 Å². The molecule has 1 amide bonds. The number of aromatic nitrogens is 3. The number of hydrogen-bond donors (Lipinski definition) is 1. The Bertz CT molecular complexity index is 1250. The van der Waals surface area contributed by atoms with Gasteiger partial charge in [0.05, 0.1) is 12.8 Å². The summed E-state index contributed by atoms with van der Waals surface area (Å²) in [4.78, 5) is 16.6. The van der Waals surface area contributed by atoms with Gasteiger partial charge in [-0.3, -0.25) is 4.79 Å². The molecule has 0 spiro atoms. The van der Waals surface area contributed by atoms with Gasteiger partial charge in [-0.25, -0.2) is 9.07 Å². The first kappa shape index (κ1) is 23.0. The van der Waals surface area contributed by atoms with Crippen molar-refractivity contribution >= 4 is 11.6 Å². The average Bonchev–Trinajstić information content (AvgIpc) is 3.28. The molecule has 0 atom stereocenters. The molecule has 0 aliphatic carbocycles. The fourth-order valence-electron chi connectivity index (χ4n) is 3.16. The number of methoxy groups -OCH3 is 1. The third-order valence-electron chi connectivity index (χ3n) is 5.12. The second-order valence-electron chi connectivity index (χ2n) is 7.96. The van der Waals surface area contributed by atoms with E-state index in [0.717, 1.165) is 22.6 Å². The summed E-state index contributed by atoms with van der Waals surface area (Å²) in [6.45, 7) is 3.88. The third-order valence-corrected chi connectivity index (χ3v) is 5.12. The van der Waals surface area contributed by atoms with E-state index in [2.05, 4.69) is 15.4 Å². The van der Waals surface area contributed by atoms with Crippen molar-refractivity contribution in [2.75, 3.05) is 12.4 Å². The number of halogens is 1. The van der Waals surface area contributed by atoms with E-state index < -0.39 is 0 Å². The van der Waals surface area contributed by atoms with Gasteiger partial charge in [-0.15, -0.1) is 5.10 Å². The Morgan fingerprint density at radius 2 is 1.68 bits per heavy atom. The number of rotatable bonds is 8. The lowest BCUT2D eigenvalue weighted by molar-refractivity contribution is -0.118. The highest BCUT2D eigenvalue weighted by Gasteiger charge is 2.16. The highest BCUT2D eigenvalue weighted by atomic mass is 19.1. The zero-order chi connectivity index (χ0) is 24.1. The molecule has 1 N–H and O–H groups in total. The Morgan fingerprint density at radius 1 is 1.00 bits per heavy atom. The average molecular weight is 461 g/mol. The van der Waals surface area contributed by atoms with Gasteiger partial charge in [0.1, 0.15) is 18.2 Å². The standard InChI is InChI=1S/C26H25FN4O3/c1-17(2)25(32)28-21-10-12-22(13-11-21)31-24(19-6-14-23(33-3)15-7-19)29-26(30-31)34-16-18-4-8-20(27)9-5-18/h4-15,17H,16H2,1-3H3,(H,28,32). The van der Waals surface area contributed by atoms with Gasteiger partial charge in [-0.1, -0.05) is 26.0 Å². The van der Waals surface area contributed by atoms with Crippen molar-refractivity contribution in [2.24, 2.45) is 5.92 Å². The number of anilines is 1. The number of amides is 1. The fraction of sp³-hybridized carbons (Fsp3) is 0.192. The lowest BCUT2D eigenvalue weighted by atomic mass is 10.2. The van der Waals surface area contributed by atoms with Gasteiger partial charge in [0.25, 0.3) is 0 Å². The van der Waals surface area contributed by atoms with Crippen molar-refractivity contribution in [2.45, 2.75) is 20.5 Å². The van der Waals surface area contributed by atoms with E-state index in [0.29, 0.717) is 11.5 Å². The molecule has 7 nitrogen and oxygen atoms in total. The predicted molar refractivity (Wildman–Crippen MR) is 128 cm³/mol. The minimum atomic E-state index is -0.305. The molecule has 0 saturated heterocycles. The molecule has 1 aromatic heterocycles. The number of nitrogens with zero attached hydrogens (tertiary/aromatic N) is 3. The highest BCUT2D eigenvalue weighted by Crippen LogP contribution is 2.26. The monoisotopic (exact) mass is 460 g/mol. The summed E-state index contributed by atoms with van der Waals surface area (Å²) in [7, 11) is 1.61. The molecule has 0 aliphatic rings. The molecule has 4 aromatic rings. The highest BCUT2D eigenvalue weighted by molar-refractivity contribution is 5.92. The molecular weight excluding hydrogens is 435 g/mol. The van der Waals surface area contributed by atoms with Gasteiger partial charge >= 0.3 is 6.01 Å². The van der Waals surface area contributed by atoms with E-state index in [4.69, 9.17) is 9.47 Å². The van der Waals surface area contributed by atoms with Crippen LogP contribution >= 0.6 is 0 Å². The van der Waals surface area contributed by atoms with Gasteiger partial charge < -0.3 is 14.8 Å². The second-order valence-corrected chi connectivity index (χ2v) is 7.96. The van der Waals surface area contributed by atoms with Gasteiger partial charge in [0.2, 0.25) is 5.91 Å². The van der Waals surface area contributed by atoms with Crippen LogP contribution in [0.3, 0.4) is 0 Å². The summed E-state index contributed by atoms with van der Waals surface area (Å²) < 4.78 is 25.9. The Kier molecular flexibility index (Phi) is 6.87. The topological polar surface area (TPSA) is 78.3 Å². The maximum atomic E-state index is 13.2. The summed E-state index contributed by atoms with van der Waals surface area (Å²) in [5, 5.41) is 7.42. The number of benzene rings is 3. The van der Waals surface area contributed by atoms with Crippen molar-refractivity contribution in [3.05, 3.63) is 84.2 Å². The Balaban J connectivity index is 1.63. The van der Waals surface area contributed by atoms with Crippen molar-refractivity contribution in [1.29, 1.82) is 0 Å². The summed E-state index contributed by atoms with van der Waals surface area (Å²) in [5.41, 5.74) is 3.06. The smallest absolute Gasteiger partial charge is 0.336 e. The van der Waals surface area contributed by atoms with Crippen molar-refractivity contribution in [1.82, 2.24) is 14.8 Å². The zero-order valence-corrected chi connectivity index (χ0v) is 19.2. The van der Waals surface area contributed by atoms with Gasteiger partial charge in [-0.2, -0.15) is 4.98 Å². The van der Waals surface area contributed by atoms with Crippen LogP contribution in [-0.4, -0.2) is 27.8 Å². The summed E-state index contributed by atoms with van der Waals surface area (Å²) in [6, 6.07) is 21.1. The van der Waals surface area contributed by atoms with Gasteiger partial charge in [0, 0.05) is 17.2 Å². The maximum absolute atomic E-state index is 13.2. The van der Waals surface area contributed by atoms with E-state index in [1.54, 1.807) is 23.9 Å². The normalized spacial score (nSPS) is 10.9. The second kappa shape index (κ2) is 10.2. The number of carbonyl (C=O) groups excluding carboxylic acids is 1. The largest absolute Gasteiger partial charge is 0.497 e. The fourth-order valence-corrected chi connectivity index (χ4v) is 3.16. The first-order valence-electron chi connectivity index (χ1n) is 10.8. The zero-order valence-electron chi connectivity index (χ0n) is 19.2. The van der Waals surface area contributed by atoms with Crippen LogP contribution in [0.1, 0.15) is 19.4 Å². The molecule has 8 heteroatoms. The van der Waals surface area contributed by atoms with Crippen LogP contribution in [-0.2, 0) is 11.4 Å². The number of ether oxygens (including phenoxy) is 2. The predicted octanol–water partition coefficient (Wildman–Crippen LogP) is 5.26. The van der Waals surface area contributed by atoms with Crippen molar-refractivity contribution < 1.29 is 18.7 Å². The Hall–Kier alpha value is -4.20. The molecule has 3 aromatic carbocycles. The molecular formula is C26H25FN4O3. The van der Waals surface area contributed by atoms with Gasteiger partial charge in [-0.05, 0) is 66.2 Å². The van der Waals surface area contributed by atoms with E-state index in [1.807, 2.05) is 62.4 Å². The summed E-state index contributed by atoms with van der Waals surface area (Å²) in [5.74, 6) is 0.839. The molecule has 0 unspecified atom stereocenters. The first-order chi connectivity index (χ1) is 16.4. The summed E-state index contributed by atoms with van der Waals surface area (Å²) >= 11 is 0. The number of nitrogens with one attached hydrogen (secondary N) is 1.